The van der Waals surface area contributed by atoms with Gasteiger partial charge in [-0.15, -0.1) is 0 Å². The van der Waals surface area contributed by atoms with E-state index in [0.717, 1.165) is 4.90 Å². The van der Waals surface area contributed by atoms with Crippen molar-refractivity contribution in [1.29, 1.82) is 0 Å². The number of likely N-dealkylation sites (N-methyl/N-ethyl adjacent to an activating group) is 1. The van der Waals surface area contributed by atoms with Crippen LogP contribution in [0.4, 0.5) is 26.3 Å². The molecule has 1 saturated heterocycles. The Kier molecular flexibility index (Phi) is 5.06. The van der Waals surface area contributed by atoms with Gasteiger partial charge in [-0.25, -0.2) is 0 Å². The van der Waals surface area contributed by atoms with Crippen LogP contribution in [0.2, 0.25) is 0 Å². The highest BCUT2D eigenvalue weighted by Gasteiger charge is 2.40. The molecule has 140 valence electrons. The van der Waals surface area contributed by atoms with Crippen molar-refractivity contribution in [3.63, 3.8) is 0 Å². The number of halogens is 6. The van der Waals surface area contributed by atoms with E-state index in [0.29, 0.717) is 12.1 Å². The lowest BCUT2D eigenvalue weighted by molar-refractivity contribution is -0.143. The monoisotopic (exact) mass is 370 g/mol. The Hall–Kier alpha value is -1.81. The van der Waals surface area contributed by atoms with E-state index in [1.54, 1.807) is 19.0 Å². The molecule has 0 spiro atoms. The summed E-state index contributed by atoms with van der Waals surface area (Å²) in [6.45, 7) is -0.163. The highest BCUT2D eigenvalue weighted by molar-refractivity contribution is 5.95. The molecule has 0 saturated carbocycles. The van der Waals surface area contributed by atoms with Gasteiger partial charge in [-0.05, 0) is 32.3 Å². The van der Waals surface area contributed by atoms with E-state index < -0.39 is 47.1 Å². The lowest BCUT2D eigenvalue weighted by atomic mass is 10.0. The molecule has 0 aliphatic carbocycles. The van der Waals surface area contributed by atoms with Crippen molar-refractivity contribution in [3.8, 4) is 0 Å². The van der Waals surface area contributed by atoms with Gasteiger partial charge in [-0.1, -0.05) is 0 Å². The molecule has 1 aliphatic heterocycles. The molecule has 2 rings (SSSR count). The summed E-state index contributed by atoms with van der Waals surface area (Å²) in [6.07, 6.45) is -11.0. The second-order valence-electron chi connectivity index (χ2n) is 6.10. The van der Waals surface area contributed by atoms with Gasteiger partial charge in [0.1, 0.15) is 0 Å². The van der Waals surface area contributed by atoms with Crippen LogP contribution in [-0.2, 0) is 12.4 Å². The molecule has 1 N–H and O–H groups in total. The Morgan fingerprint density at radius 1 is 1.04 bits per heavy atom. The summed E-state index contributed by atoms with van der Waals surface area (Å²) in [6, 6.07) is 0.315. The van der Waals surface area contributed by atoms with Crippen molar-refractivity contribution in [2.75, 3.05) is 27.2 Å². The van der Waals surface area contributed by atoms with Gasteiger partial charge < -0.3 is 14.9 Å². The lowest BCUT2D eigenvalue weighted by Gasteiger charge is -2.22. The highest BCUT2D eigenvalue weighted by atomic mass is 19.4. The first kappa shape index (κ1) is 19.5. The van der Waals surface area contributed by atoms with Gasteiger partial charge in [0.25, 0.3) is 5.91 Å². The van der Waals surface area contributed by atoms with Gasteiger partial charge in [0.2, 0.25) is 0 Å². The summed E-state index contributed by atoms with van der Waals surface area (Å²) in [5, 5.41) is 9.90. The number of amides is 1. The molecule has 10 heteroatoms. The van der Waals surface area contributed by atoms with Crippen molar-refractivity contribution in [2.45, 2.75) is 24.5 Å². The molecule has 2 atom stereocenters. The number of carbonyl (C=O) groups is 1. The van der Waals surface area contributed by atoms with Crippen LogP contribution in [0.25, 0.3) is 0 Å². The SMILES string of the molecule is CN(C)[C@H]1CN(C(=O)c2cc(C(F)(F)F)cc(C(F)(F)F)c2)C[C@@H]1O. The Morgan fingerprint density at radius 3 is 1.88 bits per heavy atom. The van der Waals surface area contributed by atoms with Crippen LogP contribution in [0.1, 0.15) is 21.5 Å². The molecule has 1 fully saturated rings. The Labute approximate surface area is 139 Å². The fourth-order valence-corrected chi connectivity index (χ4v) is 2.70. The summed E-state index contributed by atoms with van der Waals surface area (Å²) in [4.78, 5) is 15.1. The first-order chi connectivity index (χ1) is 11.3. The fraction of sp³-hybridized carbons (Fsp3) is 0.533. The fourth-order valence-electron chi connectivity index (χ4n) is 2.70. The van der Waals surface area contributed by atoms with Gasteiger partial charge >= 0.3 is 12.4 Å². The van der Waals surface area contributed by atoms with Gasteiger partial charge in [0, 0.05) is 18.7 Å². The Bertz CT molecular complexity index is 624. The quantitative estimate of drug-likeness (QED) is 0.814. The van der Waals surface area contributed by atoms with E-state index in [-0.39, 0.29) is 19.2 Å². The van der Waals surface area contributed by atoms with Crippen LogP contribution in [0, 0.1) is 0 Å². The maximum absolute atomic E-state index is 12.9. The Morgan fingerprint density at radius 2 is 1.52 bits per heavy atom. The number of β-amino-alcohol motifs (C(OH)–C–C–N with tert-alkyl or cyclic N) is 1. The summed E-state index contributed by atoms with van der Waals surface area (Å²) < 4.78 is 77.2. The smallest absolute Gasteiger partial charge is 0.390 e. The number of alkyl halides is 6. The zero-order valence-electron chi connectivity index (χ0n) is 13.3. The molecule has 1 aromatic carbocycles. The number of nitrogens with zero attached hydrogens (tertiary/aromatic N) is 2. The molecule has 1 heterocycles. The first-order valence-corrected chi connectivity index (χ1v) is 7.24. The van der Waals surface area contributed by atoms with E-state index in [2.05, 4.69) is 0 Å². The Balaban J connectivity index is 2.40. The average Bonchev–Trinajstić information content (AvgIpc) is 2.86. The minimum Gasteiger partial charge on any atom is -0.390 e. The standard InChI is InChI=1S/C15H16F6N2O2/c1-22(2)11-6-23(7-12(11)24)13(25)8-3-9(14(16,17)18)5-10(4-8)15(19,20)21/h3-5,11-12,24H,6-7H2,1-2H3/t11-,12-/m0/s1. The summed E-state index contributed by atoms with van der Waals surface area (Å²) in [7, 11) is 3.29. The minimum atomic E-state index is -5.02. The number of likely N-dealkylation sites (tertiary alicyclic amines) is 1. The molecule has 4 nitrogen and oxygen atoms in total. The van der Waals surface area contributed by atoms with Gasteiger partial charge in [-0.2, -0.15) is 26.3 Å². The third kappa shape index (κ3) is 4.24. The number of carbonyl (C=O) groups excluding carboxylic acids is 1. The van der Waals surface area contributed by atoms with Crippen molar-refractivity contribution in [3.05, 3.63) is 34.9 Å². The van der Waals surface area contributed by atoms with Crippen LogP contribution < -0.4 is 0 Å². The molecular formula is C15H16F6N2O2. The third-order valence-corrected chi connectivity index (χ3v) is 4.04. The molecule has 0 bridgehead atoms. The van der Waals surface area contributed by atoms with Crippen molar-refractivity contribution < 1.29 is 36.2 Å². The largest absolute Gasteiger partial charge is 0.416 e. The highest BCUT2D eigenvalue weighted by Crippen LogP contribution is 2.36. The number of aliphatic hydroxyl groups is 1. The zero-order chi connectivity index (χ0) is 19.2. The molecule has 0 unspecified atom stereocenters. The lowest BCUT2D eigenvalue weighted by Crippen LogP contribution is -2.38. The molecule has 0 aromatic heterocycles. The molecule has 1 amide bonds. The van der Waals surface area contributed by atoms with Crippen LogP contribution in [-0.4, -0.2) is 60.1 Å². The van der Waals surface area contributed by atoms with E-state index in [1.807, 2.05) is 0 Å². The maximum Gasteiger partial charge on any atom is 0.416 e. The predicted octanol–water partition coefficient (Wildman–Crippen LogP) is 2.47. The first-order valence-electron chi connectivity index (χ1n) is 7.24. The van der Waals surface area contributed by atoms with Crippen LogP contribution in [0.5, 0.6) is 0 Å². The maximum atomic E-state index is 12.9. The normalized spacial score (nSPS) is 21.9. The van der Waals surface area contributed by atoms with Gasteiger partial charge in [0.15, 0.2) is 0 Å². The molecular weight excluding hydrogens is 354 g/mol. The van der Waals surface area contributed by atoms with Crippen LogP contribution in [0.3, 0.4) is 0 Å². The van der Waals surface area contributed by atoms with E-state index >= 15 is 0 Å². The number of aliphatic hydroxyl groups excluding tert-OH is 1. The molecule has 1 aromatic rings. The van der Waals surface area contributed by atoms with E-state index in [9.17, 15) is 36.2 Å². The van der Waals surface area contributed by atoms with Crippen LogP contribution in [0.15, 0.2) is 18.2 Å². The topological polar surface area (TPSA) is 43.8 Å². The minimum absolute atomic E-state index is 0.00456. The van der Waals surface area contributed by atoms with E-state index in [4.69, 9.17) is 0 Å². The second kappa shape index (κ2) is 6.49. The van der Waals surface area contributed by atoms with Gasteiger partial charge in [0.05, 0.1) is 23.3 Å². The second-order valence-corrected chi connectivity index (χ2v) is 6.10. The predicted molar refractivity (Wildman–Crippen MR) is 75.8 cm³/mol. The van der Waals surface area contributed by atoms with E-state index in [1.165, 1.54) is 0 Å². The van der Waals surface area contributed by atoms with Crippen molar-refractivity contribution in [2.24, 2.45) is 0 Å². The van der Waals surface area contributed by atoms with Crippen molar-refractivity contribution in [1.82, 2.24) is 9.80 Å². The number of rotatable bonds is 2. The summed E-state index contributed by atoms with van der Waals surface area (Å²) in [5.41, 5.74) is -3.81. The average molecular weight is 370 g/mol. The third-order valence-electron chi connectivity index (χ3n) is 4.04. The van der Waals surface area contributed by atoms with Crippen molar-refractivity contribution >= 4 is 5.91 Å². The van der Waals surface area contributed by atoms with Gasteiger partial charge in [-0.3, -0.25) is 4.79 Å². The molecule has 1 aliphatic rings. The zero-order valence-corrected chi connectivity index (χ0v) is 13.3. The number of hydrogen-bond donors (Lipinski definition) is 1. The van der Waals surface area contributed by atoms with Crippen LogP contribution >= 0.6 is 0 Å². The summed E-state index contributed by atoms with van der Waals surface area (Å²) >= 11 is 0. The molecule has 25 heavy (non-hydrogen) atoms. The number of hydrogen-bond acceptors (Lipinski definition) is 3. The molecule has 0 radical (unpaired) electrons. The number of benzene rings is 1. The summed E-state index contributed by atoms with van der Waals surface area (Å²) in [5.74, 6) is -0.986.